The van der Waals surface area contributed by atoms with Crippen molar-refractivity contribution in [3.8, 4) is 11.8 Å². The van der Waals surface area contributed by atoms with Crippen LogP contribution in [0.3, 0.4) is 0 Å². The lowest BCUT2D eigenvalue weighted by Gasteiger charge is -2.26. The normalized spacial score (nSPS) is 11.9. The number of nitrogens with two attached hydrogens (primary N) is 1. The number of nitrogens with one attached hydrogen (secondary N) is 1. The minimum atomic E-state index is -5.08. The molecule has 1 heterocycles. The summed E-state index contributed by atoms with van der Waals surface area (Å²) in [4.78, 5) is 36.2. The number of hydrogen-bond donors (Lipinski definition) is 3. The van der Waals surface area contributed by atoms with E-state index in [-0.39, 0.29) is 24.7 Å². The molecular formula is C35H46F3N3O10. The van der Waals surface area contributed by atoms with Gasteiger partial charge in [0.15, 0.2) is 0 Å². The van der Waals surface area contributed by atoms with Gasteiger partial charge in [-0.2, -0.15) is 13.2 Å². The highest BCUT2D eigenvalue weighted by Crippen LogP contribution is 2.26. The van der Waals surface area contributed by atoms with Crippen LogP contribution in [0.15, 0.2) is 48.5 Å². The first-order chi connectivity index (χ1) is 24.6. The molecule has 51 heavy (non-hydrogen) atoms. The summed E-state index contributed by atoms with van der Waals surface area (Å²) in [5.74, 6) is 3.32. The maximum atomic E-state index is 13.2. The number of para-hydroxylation sites is 1. The number of rotatable bonds is 23. The summed E-state index contributed by atoms with van der Waals surface area (Å²) in [5, 5.41) is 9.93. The number of carbonyl (C=O) groups is 3. The van der Waals surface area contributed by atoms with Crippen LogP contribution in [0.5, 0.6) is 0 Å². The Balaban J connectivity index is 0.00000116. The summed E-state index contributed by atoms with van der Waals surface area (Å²) in [6.07, 6.45) is -4.89. The highest BCUT2D eigenvalue weighted by atomic mass is 19.4. The lowest BCUT2D eigenvalue weighted by atomic mass is 10.0. The van der Waals surface area contributed by atoms with Gasteiger partial charge in [-0.05, 0) is 23.8 Å². The third-order valence-electron chi connectivity index (χ3n) is 6.67. The van der Waals surface area contributed by atoms with E-state index >= 15 is 0 Å². The predicted molar refractivity (Wildman–Crippen MR) is 180 cm³/mol. The van der Waals surface area contributed by atoms with Gasteiger partial charge in [0.25, 0.3) is 0 Å². The number of anilines is 1. The Morgan fingerprint density at radius 2 is 1.16 bits per heavy atom. The zero-order valence-electron chi connectivity index (χ0n) is 28.4. The second-order valence-electron chi connectivity index (χ2n) is 10.5. The first-order valence-electron chi connectivity index (χ1n) is 16.4. The number of carbonyl (C=O) groups excluding carboxylic acids is 2. The van der Waals surface area contributed by atoms with Gasteiger partial charge in [-0.1, -0.05) is 42.2 Å². The van der Waals surface area contributed by atoms with Crippen LogP contribution in [0.4, 0.5) is 18.9 Å². The van der Waals surface area contributed by atoms with Crippen molar-refractivity contribution < 1.29 is 61.1 Å². The molecular weight excluding hydrogens is 679 g/mol. The second kappa shape index (κ2) is 25.8. The molecule has 3 rings (SSSR count). The lowest BCUT2D eigenvalue weighted by Crippen LogP contribution is -2.34. The van der Waals surface area contributed by atoms with Gasteiger partial charge in [0.05, 0.1) is 91.5 Å². The zero-order valence-corrected chi connectivity index (χ0v) is 28.4. The van der Waals surface area contributed by atoms with Crippen molar-refractivity contribution in [1.82, 2.24) is 5.32 Å². The molecule has 0 aliphatic carbocycles. The van der Waals surface area contributed by atoms with Crippen LogP contribution in [0, 0.1) is 11.8 Å². The monoisotopic (exact) mass is 725 g/mol. The molecule has 0 atom stereocenters. The minimum Gasteiger partial charge on any atom is -0.475 e. The van der Waals surface area contributed by atoms with E-state index in [1.807, 2.05) is 48.5 Å². The molecule has 282 valence electrons. The van der Waals surface area contributed by atoms with Gasteiger partial charge in [-0.15, -0.1) is 0 Å². The van der Waals surface area contributed by atoms with Crippen molar-refractivity contribution in [2.24, 2.45) is 5.73 Å². The van der Waals surface area contributed by atoms with Gasteiger partial charge >= 0.3 is 12.1 Å². The number of halogens is 3. The van der Waals surface area contributed by atoms with Crippen molar-refractivity contribution in [2.45, 2.75) is 25.6 Å². The Bertz CT molecular complexity index is 1380. The largest absolute Gasteiger partial charge is 0.490 e. The third-order valence-corrected chi connectivity index (χ3v) is 6.67. The average Bonchev–Trinajstić information content (AvgIpc) is 3.10. The summed E-state index contributed by atoms with van der Waals surface area (Å²) in [6.45, 7) is 7.01. The first kappa shape index (κ1) is 43.1. The quantitative estimate of drug-likeness (QED) is 0.114. The van der Waals surface area contributed by atoms with E-state index in [1.54, 1.807) is 4.90 Å². The number of carboxylic acids is 1. The van der Waals surface area contributed by atoms with E-state index in [2.05, 4.69) is 17.2 Å². The fourth-order valence-corrected chi connectivity index (χ4v) is 4.20. The molecule has 2 aromatic carbocycles. The Hall–Kier alpha value is -4.08. The fraction of sp³-hybridized carbons (Fsp3) is 0.514. The maximum Gasteiger partial charge on any atom is 0.490 e. The number of hydrogen-bond acceptors (Lipinski definition) is 10. The number of benzene rings is 2. The van der Waals surface area contributed by atoms with Crippen LogP contribution in [0.2, 0.25) is 0 Å². The van der Waals surface area contributed by atoms with E-state index in [9.17, 15) is 22.8 Å². The smallest absolute Gasteiger partial charge is 0.475 e. The molecule has 0 spiro atoms. The molecule has 0 bridgehead atoms. The number of aliphatic carboxylic acids is 1. The molecule has 0 fully saturated rings. The van der Waals surface area contributed by atoms with E-state index in [0.29, 0.717) is 98.9 Å². The highest BCUT2D eigenvalue weighted by molar-refractivity contribution is 5.96. The van der Waals surface area contributed by atoms with Crippen LogP contribution >= 0.6 is 0 Å². The van der Waals surface area contributed by atoms with Gasteiger partial charge in [0.1, 0.15) is 0 Å². The highest BCUT2D eigenvalue weighted by Gasteiger charge is 2.38. The van der Waals surface area contributed by atoms with Crippen molar-refractivity contribution in [2.75, 3.05) is 97.3 Å². The Labute approximate surface area is 295 Å². The van der Waals surface area contributed by atoms with Gasteiger partial charge in [0, 0.05) is 37.1 Å². The molecule has 4 N–H and O–H groups in total. The second-order valence-corrected chi connectivity index (χ2v) is 10.5. The maximum absolute atomic E-state index is 13.2. The summed E-state index contributed by atoms with van der Waals surface area (Å²) >= 11 is 0. The number of nitrogens with zero attached hydrogens (tertiary/aromatic N) is 1. The molecule has 1 aliphatic rings. The summed E-state index contributed by atoms with van der Waals surface area (Å²) < 4.78 is 64.2. The molecule has 2 amide bonds. The number of carboxylic acid groups (broad SMARTS) is 1. The van der Waals surface area contributed by atoms with E-state index in [1.165, 1.54) is 0 Å². The fourth-order valence-electron chi connectivity index (χ4n) is 4.20. The molecule has 16 heteroatoms. The molecule has 1 aliphatic heterocycles. The molecule has 0 radical (unpaired) electrons. The van der Waals surface area contributed by atoms with Crippen LogP contribution in [-0.2, 0) is 49.3 Å². The van der Waals surface area contributed by atoms with Gasteiger partial charge in [-0.3, -0.25) is 9.59 Å². The topological polar surface area (TPSA) is 168 Å². The van der Waals surface area contributed by atoms with Gasteiger partial charge < -0.3 is 49.5 Å². The number of fused-ring (bicyclic) bond motifs is 2. The van der Waals surface area contributed by atoms with Crippen LogP contribution < -0.4 is 16.0 Å². The van der Waals surface area contributed by atoms with Gasteiger partial charge in [0.2, 0.25) is 11.8 Å². The third kappa shape index (κ3) is 19.2. The number of amides is 2. The average molecular weight is 726 g/mol. The van der Waals surface area contributed by atoms with E-state index < -0.39 is 12.1 Å². The Morgan fingerprint density at radius 3 is 1.69 bits per heavy atom. The summed E-state index contributed by atoms with van der Waals surface area (Å²) in [7, 11) is 0. The van der Waals surface area contributed by atoms with E-state index in [0.717, 1.165) is 22.4 Å². The predicted octanol–water partition coefficient (Wildman–Crippen LogP) is 2.52. The number of alkyl halides is 3. The SMILES string of the molecule is NCCOCCOCCOCCOCCOCCOCCNC(=O)CCC(=O)N1Cc2ccccc2C#Cc2ccccc21.O=C(O)C(F)(F)F. The molecule has 0 aromatic heterocycles. The molecule has 2 aromatic rings. The van der Waals surface area contributed by atoms with E-state index in [4.69, 9.17) is 44.1 Å². The molecule has 13 nitrogen and oxygen atoms in total. The van der Waals surface area contributed by atoms with Gasteiger partial charge in [-0.25, -0.2) is 4.79 Å². The first-order valence-corrected chi connectivity index (χ1v) is 16.4. The summed E-state index contributed by atoms with van der Waals surface area (Å²) in [6, 6.07) is 15.4. The van der Waals surface area contributed by atoms with Crippen LogP contribution in [0.1, 0.15) is 29.5 Å². The van der Waals surface area contributed by atoms with Crippen molar-refractivity contribution in [3.63, 3.8) is 0 Å². The Kier molecular flexibility index (Phi) is 21.8. The minimum absolute atomic E-state index is 0.0950. The van der Waals surface area contributed by atoms with Crippen LogP contribution in [-0.4, -0.2) is 121 Å². The van der Waals surface area contributed by atoms with Crippen LogP contribution in [0.25, 0.3) is 0 Å². The standard InChI is InChI=1S/C33H45N3O8.C2HF3O2/c34-13-15-39-17-19-41-21-23-43-25-26-44-24-22-42-20-18-40-16-14-35-32(37)11-12-33(38)36-27-30-7-2-1-5-28(30)9-10-29-6-3-4-8-31(29)36;3-2(4,5)1(6)7/h1-8H,11-27,34H2,(H,35,37);(H,6,7). The summed E-state index contributed by atoms with van der Waals surface area (Å²) in [5.41, 5.74) is 8.76. The lowest BCUT2D eigenvalue weighted by molar-refractivity contribution is -0.192. The van der Waals surface area contributed by atoms with Crippen molar-refractivity contribution >= 4 is 23.5 Å². The zero-order chi connectivity index (χ0) is 37.2. The molecule has 0 saturated heterocycles. The number of ether oxygens (including phenoxy) is 6. The van der Waals surface area contributed by atoms with Crippen molar-refractivity contribution in [3.05, 3.63) is 65.2 Å². The molecule has 0 saturated carbocycles. The Morgan fingerprint density at radius 1 is 0.706 bits per heavy atom. The molecule has 0 unspecified atom stereocenters. The van der Waals surface area contributed by atoms with Crippen molar-refractivity contribution in [1.29, 1.82) is 0 Å².